The number of hydrogen-bond donors (Lipinski definition) is 1. The van der Waals surface area contributed by atoms with Gasteiger partial charge < -0.3 is 9.84 Å². The van der Waals surface area contributed by atoms with Gasteiger partial charge in [-0.3, -0.25) is 0 Å². The fourth-order valence-corrected chi connectivity index (χ4v) is 5.20. The van der Waals surface area contributed by atoms with Crippen molar-refractivity contribution in [1.29, 1.82) is 0 Å². The Morgan fingerprint density at radius 2 is 1.80 bits per heavy atom. The van der Waals surface area contributed by atoms with Crippen LogP contribution in [0.15, 0.2) is 53.4 Å². The molecule has 0 unspecified atom stereocenters. The van der Waals surface area contributed by atoms with E-state index in [9.17, 15) is 18.3 Å². The molecule has 0 radical (unpaired) electrons. The van der Waals surface area contributed by atoms with Gasteiger partial charge in [-0.05, 0) is 68.3 Å². The molecule has 4 rings (SSSR count). The molecule has 2 heterocycles. The Balaban J connectivity index is 1.80. The minimum absolute atomic E-state index is 0.0161. The highest BCUT2D eigenvalue weighted by Gasteiger charge is 2.28. The Kier molecular flexibility index (Phi) is 5.44. The fraction of sp³-hybridized carbons (Fsp3) is 0.273. The first kappa shape index (κ1) is 20.3. The van der Waals surface area contributed by atoms with Gasteiger partial charge in [-0.25, -0.2) is 18.2 Å². The highest BCUT2D eigenvalue weighted by atomic mass is 32.2. The Labute approximate surface area is 175 Å². The quantitative estimate of drug-likeness (QED) is 0.644. The minimum atomic E-state index is -3.65. The van der Waals surface area contributed by atoms with E-state index >= 15 is 0 Å². The summed E-state index contributed by atoms with van der Waals surface area (Å²) in [7, 11) is -3.65. The molecular formula is C22H22N2O5S. The van der Waals surface area contributed by atoms with Crippen molar-refractivity contribution in [3.05, 3.63) is 54.1 Å². The van der Waals surface area contributed by atoms with Crippen molar-refractivity contribution in [1.82, 2.24) is 9.29 Å². The number of ether oxygens (including phenoxy) is 1. The Bertz CT molecular complexity index is 1200. The average Bonchev–Trinajstić information content (AvgIpc) is 3.29. The summed E-state index contributed by atoms with van der Waals surface area (Å²) >= 11 is 0. The second-order valence-corrected chi connectivity index (χ2v) is 9.05. The molecule has 2 aromatic carbocycles. The first-order chi connectivity index (χ1) is 14.4. The van der Waals surface area contributed by atoms with Gasteiger partial charge in [0.1, 0.15) is 5.75 Å². The van der Waals surface area contributed by atoms with Crippen LogP contribution in [0, 0.1) is 0 Å². The number of aromatic carboxylic acids is 1. The second kappa shape index (κ2) is 8.04. The molecule has 1 aliphatic rings. The van der Waals surface area contributed by atoms with Crippen LogP contribution in [-0.4, -0.2) is 48.5 Å². The summed E-state index contributed by atoms with van der Waals surface area (Å²) < 4.78 is 32.6. The highest BCUT2D eigenvalue weighted by Crippen LogP contribution is 2.29. The average molecular weight is 426 g/mol. The molecule has 7 nitrogen and oxygen atoms in total. The van der Waals surface area contributed by atoms with Gasteiger partial charge in [0.05, 0.1) is 28.3 Å². The summed E-state index contributed by atoms with van der Waals surface area (Å²) in [6, 6.07) is 13.2. The minimum Gasteiger partial charge on any atom is -0.494 e. The van der Waals surface area contributed by atoms with Gasteiger partial charge in [0.15, 0.2) is 0 Å². The molecule has 1 fully saturated rings. The number of nitrogens with zero attached hydrogens (tertiary/aromatic N) is 2. The van der Waals surface area contributed by atoms with E-state index < -0.39 is 16.0 Å². The fourth-order valence-electron chi connectivity index (χ4n) is 3.66. The van der Waals surface area contributed by atoms with E-state index in [1.165, 1.54) is 22.5 Å². The molecule has 1 N–H and O–H groups in total. The number of rotatable bonds is 6. The summed E-state index contributed by atoms with van der Waals surface area (Å²) in [4.78, 5) is 16.6. The summed E-state index contributed by atoms with van der Waals surface area (Å²) in [5.41, 5.74) is 1.69. The molecule has 0 saturated carbocycles. The molecule has 156 valence electrons. The largest absolute Gasteiger partial charge is 0.494 e. The molecule has 1 saturated heterocycles. The Morgan fingerprint density at radius 3 is 2.43 bits per heavy atom. The summed E-state index contributed by atoms with van der Waals surface area (Å²) in [5.74, 6) is -0.414. The van der Waals surface area contributed by atoms with Crippen molar-refractivity contribution in [2.75, 3.05) is 19.7 Å². The van der Waals surface area contributed by atoms with E-state index in [0.717, 1.165) is 24.2 Å². The van der Waals surface area contributed by atoms with Gasteiger partial charge in [-0.15, -0.1) is 0 Å². The summed E-state index contributed by atoms with van der Waals surface area (Å²) in [6.07, 6.45) is 1.67. The summed E-state index contributed by atoms with van der Waals surface area (Å²) in [6.45, 7) is 3.43. The first-order valence-electron chi connectivity index (χ1n) is 9.81. The van der Waals surface area contributed by atoms with E-state index in [1.807, 2.05) is 19.1 Å². The molecule has 0 spiro atoms. The number of hydrogen-bond acceptors (Lipinski definition) is 5. The first-order valence-corrected chi connectivity index (χ1v) is 11.3. The normalized spacial score (nSPS) is 14.8. The van der Waals surface area contributed by atoms with Gasteiger partial charge in [0.25, 0.3) is 0 Å². The van der Waals surface area contributed by atoms with Crippen LogP contribution in [0.3, 0.4) is 0 Å². The lowest BCUT2D eigenvalue weighted by atomic mass is 10.0. The van der Waals surface area contributed by atoms with Crippen LogP contribution < -0.4 is 4.74 Å². The maximum Gasteiger partial charge on any atom is 0.336 e. The predicted molar refractivity (Wildman–Crippen MR) is 113 cm³/mol. The van der Waals surface area contributed by atoms with Crippen LogP contribution in [0.5, 0.6) is 5.75 Å². The third kappa shape index (κ3) is 3.76. The number of carboxylic acid groups (broad SMARTS) is 1. The Hall–Kier alpha value is -2.97. The summed E-state index contributed by atoms with van der Waals surface area (Å²) in [5, 5.41) is 10.1. The monoisotopic (exact) mass is 426 g/mol. The highest BCUT2D eigenvalue weighted by molar-refractivity contribution is 7.89. The van der Waals surface area contributed by atoms with E-state index in [0.29, 0.717) is 36.3 Å². The van der Waals surface area contributed by atoms with Crippen LogP contribution in [0.1, 0.15) is 30.1 Å². The van der Waals surface area contributed by atoms with Crippen molar-refractivity contribution in [3.8, 4) is 17.0 Å². The topological polar surface area (TPSA) is 96.8 Å². The van der Waals surface area contributed by atoms with E-state index in [1.54, 1.807) is 18.2 Å². The van der Waals surface area contributed by atoms with E-state index in [-0.39, 0.29) is 10.5 Å². The Morgan fingerprint density at radius 1 is 1.10 bits per heavy atom. The van der Waals surface area contributed by atoms with Gasteiger partial charge >= 0.3 is 5.97 Å². The number of carbonyl (C=O) groups is 1. The predicted octanol–water partition coefficient (Wildman–Crippen LogP) is 3.78. The molecule has 3 aromatic rings. The van der Waals surface area contributed by atoms with Crippen molar-refractivity contribution < 1.29 is 23.1 Å². The number of benzene rings is 2. The molecule has 1 aromatic heterocycles. The standard InChI is InChI=1S/C22H22N2O5S/c1-2-29-16-7-5-15(6-8-16)21-14-19(22(25)26)18-13-17(9-10-20(18)23-21)30(27,28)24-11-3-4-12-24/h5-10,13-14H,2-4,11-12H2,1H3,(H,25,26). The molecule has 0 bridgehead atoms. The third-order valence-electron chi connectivity index (χ3n) is 5.17. The van der Waals surface area contributed by atoms with Crippen molar-refractivity contribution in [3.63, 3.8) is 0 Å². The molecule has 1 aliphatic heterocycles. The van der Waals surface area contributed by atoms with Crippen LogP contribution in [0.4, 0.5) is 0 Å². The van der Waals surface area contributed by atoms with E-state index in [4.69, 9.17) is 4.74 Å². The maximum absolute atomic E-state index is 12.9. The molecule has 0 atom stereocenters. The second-order valence-electron chi connectivity index (χ2n) is 7.11. The van der Waals surface area contributed by atoms with Crippen molar-refractivity contribution >= 4 is 26.9 Å². The number of sulfonamides is 1. The van der Waals surface area contributed by atoms with Crippen molar-refractivity contribution in [2.45, 2.75) is 24.7 Å². The molecule has 0 aliphatic carbocycles. The molecule has 0 amide bonds. The molecule has 30 heavy (non-hydrogen) atoms. The lowest BCUT2D eigenvalue weighted by molar-refractivity contribution is 0.0699. The van der Waals surface area contributed by atoms with Crippen LogP contribution in [0.2, 0.25) is 0 Å². The van der Waals surface area contributed by atoms with Crippen LogP contribution >= 0.6 is 0 Å². The number of carboxylic acids is 1. The van der Waals surface area contributed by atoms with Crippen molar-refractivity contribution in [2.24, 2.45) is 0 Å². The number of fused-ring (bicyclic) bond motifs is 1. The lowest BCUT2D eigenvalue weighted by Crippen LogP contribution is -2.27. The van der Waals surface area contributed by atoms with Gasteiger partial charge in [0.2, 0.25) is 10.0 Å². The van der Waals surface area contributed by atoms with Gasteiger partial charge in [-0.1, -0.05) is 0 Å². The lowest BCUT2D eigenvalue weighted by Gasteiger charge is -2.16. The number of pyridine rings is 1. The molecule has 8 heteroatoms. The molecular weight excluding hydrogens is 404 g/mol. The van der Waals surface area contributed by atoms with E-state index in [2.05, 4.69) is 4.98 Å². The van der Waals surface area contributed by atoms with Gasteiger partial charge in [0, 0.05) is 24.0 Å². The zero-order valence-electron chi connectivity index (χ0n) is 16.5. The SMILES string of the molecule is CCOc1ccc(-c2cc(C(=O)O)c3cc(S(=O)(=O)N4CCCC4)ccc3n2)cc1. The zero-order chi connectivity index (χ0) is 21.3. The zero-order valence-corrected chi connectivity index (χ0v) is 17.4. The number of aromatic nitrogens is 1. The van der Waals surface area contributed by atoms with Gasteiger partial charge in [-0.2, -0.15) is 4.31 Å². The third-order valence-corrected chi connectivity index (χ3v) is 7.07. The van der Waals surface area contributed by atoms with Crippen LogP contribution in [-0.2, 0) is 10.0 Å². The smallest absolute Gasteiger partial charge is 0.336 e. The van der Waals surface area contributed by atoms with Crippen LogP contribution in [0.25, 0.3) is 22.2 Å². The maximum atomic E-state index is 12.9.